The van der Waals surface area contributed by atoms with Crippen LogP contribution >= 0.6 is 0 Å². The molecule has 0 atom stereocenters. The molecule has 0 radical (unpaired) electrons. The molecule has 0 saturated heterocycles. The molecule has 2 heterocycles. The summed E-state index contributed by atoms with van der Waals surface area (Å²) in [5.41, 5.74) is -0.101. The van der Waals surface area contributed by atoms with Crippen LogP contribution in [-0.2, 0) is 11.3 Å². The smallest absolute Gasteiger partial charge is 0.361 e. The van der Waals surface area contributed by atoms with E-state index < -0.39 is 22.6 Å². The summed E-state index contributed by atoms with van der Waals surface area (Å²) in [6.45, 7) is 5.67. The Bertz CT molecular complexity index is 778. The van der Waals surface area contributed by atoms with Crippen molar-refractivity contribution in [3.8, 4) is 0 Å². The highest BCUT2D eigenvalue weighted by Crippen LogP contribution is 2.18. The molecule has 0 aliphatic rings. The molecule has 0 bridgehead atoms. The number of carbonyl (C=O) groups is 2. The van der Waals surface area contributed by atoms with Crippen LogP contribution in [0.3, 0.4) is 0 Å². The van der Waals surface area contributed by atoms with Crippen molar-refractivity contribution in [2.24, 2.45) is 0 Å². The lowest BCUT2D eigenvalue weighted by Gasteiger charge is -2.07. The number of hydrogen-bond donors (Lipinski definition) is 2. The van der Waals surface area contributed by atoms with Gasteiger partial charge in [-0.3, -0.25) is 9.48 Å². The fraction of sp³-hybridized carbons (Fsp3) is 0.385. The number of nitrogens with one attached hydrogen (secondary N) is 2. The number of H-pyrrole nitrogens is 1. The number of carbonyl (C=O) groups excluding carboxylic acids is 2. The number of ether oxygens (including phenoxy) is 1. The van der Waals surface area contributed by atoms with Gasteiger partial charge in [0, 0.05) is 12.7 Å². The summed E-state index contributed by atoms with van der Waals surface area (Å²) < 4.78 is 6.54. The van der Waals surface area contributed by atoms with Crippen molar-refractivity contribution in [1.29, 1.82) is 0 Å². The van der Waals surface area contributed by atoms with Crippen molar-refractivity contribution in [1.82, 2.24) is 20.0 Å². The zero-order chi connectivity index (χ0) is 17.9. The molecule has 0 aliphatic heterocycles. The van der Waals surface area contributed by atoms with E-state index >= 15 is 0 Å². The Morgan fingerprint density at radius 3 is 2.75 bits per heavy atom. The topological polar surface area (TPSA) is 145 Å². The molecule has 2 rings (SSSR count). The highest BCUT2D eigenvalue weighted by atomic mass is 16.6. The van der Waals surface area contributed by atoms with E-state index in [1.807, 2.05) is 6.92 Å². The van der Waals surface area contributed by atoms with Gasteiger partial charge >= 0.3 is 11.8 Å². The van der Waals surface area contributed by atoms with Crippen molar-refractivity contribution in [2.75, 3.05) is 5.32 Å². The highest BCUT2D eigenvalue weighted by Gasteiger charge is 2.23. The second-order valence-electron chi connectivity index (χ2n) is 5.05. The first-order valence-electron chi connectivity index (χ1n) is 7.11. The molecule has 2 aromatic heterocycles. The number of amides is 1. The molecule has 0 aromatic carbocycles. The minimum absolute atomic E-state index is 0.0519. The van der Waals surface area contributed by atoms with Crippen LogP contribution in [0, 0.1) is 10.1 Å². The third kappa shape index (κ3) is 3.74. The van der Waals surface area contributed by atoms with E-state index in [4.69, 9.17) is 4.74 Å². The molecule has 11 nitrogen and oxygen atoms in total. The molecule has 2 N–H and O–H groups in total. The van der Waals surface area contributed by atoms with Gasteiger partial charge in [-0.05, 0) is 25.7 Å². The van der Waals surface area contributed by atoms with Crippen LogP contribution < -0.4 is 5.32 Å². The van der Waals surface area contributed by atoms with Crippen molar-refractivity contribution >= 4 is 23.4 Å². The Morgan fingerprint density at radius 2 is 2.21 bits per heavy atom. The Kier molecular flexibility index (Phi) is 4.92. The standard InChI is InChI=1S/C13H16N6O5/c1-4-18-6-9(11(17-18)13(21)24-7(2)3)14-12(20)8-5-10(16-15-8)19(22)23/h5-7H,4H2,1-3H3,(H,14,20)(H,15,16). The lowest BCUT2D eigenvalue weighted by Crippen LogP contribution is -2.17. The number of nitro groups is 1. The van der Waals surface area contributed by atoms with Gasteiger partial charge in [-0.2, -0.15) is 5.10 Å². The Labute approximate surface area is 136 Å². The molecule has 0 unspecified atom stereocenters. The number of aromatic amines is 1. The zero-order valence-corrected chi connectivity index (χ0v) is 13.3. The summed E-state index contributed by atoms with van der Waals surface area (Å²) in [4.78, 5) is 34.1. The van der Waals surface area contributed by atoms with Gasteiger partial charge in [0.05, 0.1) is 17.9 Å². The van der Waals surface area contributed by atoms with Crippen LogP contribution in [0.15, 0.2) is 12.3 Å². The number of aromatic nitrogens is 4. The van der Waals surface area contributed by atoms with Gasteiger partial charge in [-0.1, -0.05) is 5.10 Å². The first-order chi connectivity index (χ1) is 11.3. The minimum Gasteiger partial charge on any atom is -0.458 e. The predicted octanol–water partition coefficient (Wildman–Crippen LogP) is 1.35. The largest absolute Gasteiger partial charge is 0.458 e. The van der Waals surface area contributed by atoms with Crippen LogP contribution in [0.4, 0.5) is 11.5 Å². The fourth-order valence-corrected chi connectivity index (χ4v) is 1.80. The number of esters is 1. The summed E-state index contributed by atoms with van der Waals surface area (Å²) in [6.07, 6.45) is 1.12. The van der Waals surface area contributed by atoms with Gasteiger partial charge in [0.15, 0.2) is 11.4 Å². The van der Waals surface area contributed by atoms with Crippen LogP contribution in [0.25, 0.3) is 0 Å². The number of rotatable bonds is 6. The lowest BCUT2D eigenvalue weighted by molar-refractivity contribution is -0.389. The third-order valence-corrected chi connectivity index (χ3v) is 2.86. The molecular weight excluding hydrogens is 320 g/mol. The molecular formula is C13H16N6O5. The monoisotopic (exact) mass is 336 g/mol. The average molecular weight is 336 g/mol. The number of anilines is 1. The molecule has 2 aromatic rings. The van der Waals surface area contributed by atoms with E-state index in [1.165, 1.54) is 10.9 Å². The van der Waals surface area contributed by atoms with E-state index in [1.54, 1.807) is 13.8 Å². The Balaban J connectivity index is 2.24. The first kappa shape index (κ1) is 17.1. The van der Waals surface area contributed by atoms with E-state index in [9.17, 15) is 19.7 Å². The molecule has 0 fully saturated rings. The molecule has 128 valence electrons. The maximum Gasteiger partial charge on any atom is 0.361 e. The summed E-state index contributed by atoms with van der Waals surface area (Å²) in [5.74, 6) is -1.81. The summed E-state index contributed by atoms with van der Waals surface area (Å²) >= 11 is 0. The van der Waals surface area contributed by atoms with Crippen molar-refractivity contribution in [2.45, 2.75) is 33.4 Å². The highest BCUT2D eigenvalue weighted by molar-refractivity contribution is 6.06. The number of hydrogen-bond acceptors (Lipinski definition) is 7. The quantitative estimate of drug-likeness (QED) is 0.460. The van der Waals surface area contributed by atoms with Crippen LogP contribution in [0.5, 0.6) is 0 Å². The number of nitrogens with zero attached hydrogens (tertiary/aromatic N) is 4. The average Bonchev–Trinajstić information content (AvgIpc) is 3.13. The second-order valence-corrected chi connectivity index (χ2v) is 5.05. The van der Waals surface area contributed by atoms with Gasteiger partial charge in [-0.15, -0.1) is 5.10 Å². The summed E-state index contributed by atoms with van der Waals surface area (Å²) in [7, 11) is 0. The van der Waals surface area contributed by atoms with E-state index in [0.717, 1.165) is 6.07 Å². The predicted molar refractivity (Wildman–Crippen MR) is 81.6 cm³/mol. The normalized spacial score (nSPS) is 10.7. The third-order valence-electron chi connectivity index (χ3n) is 2.86. The maximum atomic E-state index is 12.1. The molecule has 11 heteroatoms. The molecule has 24 heavy (non-hydrogen) atoms. The van der Waals surface area contributed by atoms with Gasteiger partial charge in [0.25, 0.3) is 5.91 Å². The van der Waals surface area contributed by atoms with E-state index in [0.29, 0.717) is 6.54 Å². The minimum atomic E-state index is -0.714. The molecule has 0 aliphatic carbocycles. The van der Waals surface area contributed by atoms with Gasteiger partial charge < -0.3 is 20.2 Å². The Hall–Kier alpha value is -3.24. The van der Waals surface area contributed by atoms with Crippen LogP contribution in [0.2, 0.25) is 0 Å². The fourth-order valence-electron chi connectivity index (χ4n) is 1.80. The van der Waals surface area contributed by atoms with Crippen LogP contribution in [0.1, 0.15) is 41.7 Å². The maximum absolute atomic E-state index is 12.1. The second kappa shape index (κ2) is 6.89. The Morgan fingerprint density at radius 1 is 1.50 bits per heavy atom. The van der Waals surface area contributed by atoms with Crippen molar-refractivity contribution in [3.63, 3.8) is 0 Å². The molecule has 0 saturated carbocycles. The summed E-state index contributed by atoms with van der Waals surface area (Å²) in [5, 5.41) is 22.8. The first-order valence-corrected chi connectivity index (χ1v) is 7.11. The van der Waals surface area contributed by atoms with Crippen molar-refractivity contribution < 1.29 is 19.2 Å². The van der Waals surface area contributed by atoms with E-state index in [-0.39, 0.29) is 23.2 Å². The van der Waals surface area contributed by atoms with Gasteiger partial charge in [0.2, 0.25) is 0 Å². The van der Waals surface area contributed by atoms with Gasteiger partial charge in [-0.25, -0.2) is 4.79 Å². The zero-order valence-electron chi connectivity index (χ0n) is 13.3. The van der Waals surface area contributed by atoms with Crippen LogP contribution in [-0.4, -0.2) is 42.9 Å². The van der Waals surface area contributed by atoms with Gasteiger partial charge in [0.1, 0.15) is 0 Å². The molecule has 1 amide bonds. The summed E-state index contributed by atoms with van der Waals surface area (Å²) in [6, 6.07) is 0.992. The van der Waals surface area contributed by atoms with Crippen molar-refractivity contribution in [3.05, 3.63) is 33.8 Å². The molecule has 0 spiro atoms. The lowest BCUT2D eigenvalue weighted by atomic mass is 10.3. The van der Waals surface area contributed by atoms with E-state index in [2.05, 4.69) is 20.6 Å². The SMILES string of the molecule is CCn1cc(NC(=O)c2cc([N+](=O)[O-])[nH]n2)c(C(=O)OC(C)C)n1. The number of aryl methyl sites for hydroxylation is 1.